The first kappa shape index (κ1) is 31.2. The zero-order valence-corrected chi connectivity index (χ0v) is 25.0. The van der Waals surface area contributed by atoms with E-state index in [9.17, 15) is 23.3 Å². The Kier molecular flexibility index (Phi) is 11.0. The van der Waals surface area contributed by atoms with Crippen molar-refractivity contribution in [2.75, 3.05) is 32.1 Å². The van der Waals surface area contributed by atoms with E-state index in [-0.39, 0.29) is 31.1 Å². The van der Waals surface area contributed by atoms with Gasteiger partial charge in [-0.25, -0.2) is 14.0 Å². The van der Waals surface area contributed by atoms with E-state index in [0.717, 1.165) is 10.8 Å². The summed E-state index contributed by atoms with van der Waals surface area (Å²) in [5, 5.41) is 0.369. The van der Waals surface area contributed by atoms with Gasteiger partial charge < -0.3 is 14.0 Å². The summed E-state index contributed by atoms with van der Waals surface area (Å²) >= 11 is 3.30. The maximum atomic E-state index is 14.0. The Morgan fingerprint density at radius 3 is 2.61 bits per heavy atom. The number of H-pyrrole nitrogens is 1. The van der Waals surface area contributed by atoms with Crippen LogP contribution in [-0.2, 0) is 27.6 Å². The summed E-state index contributed by atoms with van der Waals surface area (Å²) in [5.41, 5.74) is -1.94. The Morgan fingerprint density at radius 1 is 1.36 bits per heavy atom. The summed E-state index contributed by atoms with van der Waals surface area (Å²) in [5.74, 6) is -1.12. The maximum absolute atomic E-state index is 14.0. The normalized spacial score (nSPS) is 22.6. The third-order valence-corrected chi connectivity index (χ3v) is 13.3. The Balaban J connectivity index is 2.33. The highest BCUT2D eigenvalue weighted by Crippen LogP contribution is 2.52. The van der Waals surface area contributed by atoms with E-state index in [1.54, 1.807) is 7.05 Å². The fourth-order valence-corrected chi connectivity index (χ4v) is 6.89. The van der Waals surface area contributed by atoms with Crippen molar-refractivity contribution in [3.05, 3.63) is 32.9 Å². The first-order chi connectivity index (χ1) is 16.6. The van der Waals surface area contributed by atoms with E-state index >= 15 is 0 Å². The molecule has 15 heteroatoms. The molecule has 4 atom stereocenters. The second-order valence-electron chi connectivity index (χ2n) is 10.0. The predicted octanol–water partition coefficient (Wildman–Crippen LogP) is 3.41. The third kappa shape index (κ3) is 7.76. The summed E-state index contributed by atoms with van der Waals surface area (Å²) in [6.07, 6.45) is -0.592. The first-order valence-corrected chi connectivity index (χ1v) is 17.1. The van der Waals surface area contributed by atoms with Crippen LogP contribution in [0.3, 0.4) is 0 Å². The topological polar surface area (TPSA) is 129 Å². The van der Waals surface area contributed by atoms with E-state index in [1.165, 1.54) is 4.67 Å². The number of alkyl halides is 1. The minimum absolute atomic E-state index is 0.0509. The Hall–Kier alpha value is -0.993. The van der Waals surface area contributed by atoms with Gasteiger partial charge in [0.2, 0.25) is 5.82 Å². The average molecular weight is 616 g/mol. The van der Waals surface area contributed by atoms with Gasteiger partial charge in [-0.1, -0.05) is 36.7 Å². The molecule has 0 saturated carbocycles. The van der Waals surface area contributed by atoms with Crippen LogP contribution in [0.4, 0.5) is 4.39 Å². The molecule has 0 amide bonds. The van der Waals surface area contributed by atoms with Crippen LogP contribution in [0.15, 0.2) is 15.8 Å². The fraction of sp³-hybridized carbons (Fsp3) is 0.762. The molecule has 1 aliphatic heterocycles. The molecule has 11 nitrogen and oxygen atoms in total. The molecule has 1 fully saturated rings. The molecule has 36 heavy (non-hydrogen) atoms. The molecule has 1 unspecified atom stereocenters. The highest BCUT2D eigenvalue weighted by molar-refractivity contribution is 9.09. The summed E-state index contributed by atoms with van der Waals surface area (Å²) in [6, 6.07) is 0. The molecule has 1 N–H and O–H groups in total. The molecular weight excluding hydrogens is 580 g/mol. The molecule has 2 heterocycles. The van der Waals surface area contributed by atoms with Crippen LogP contribution >= 0.6 is 23.7 Å². The van der Waals surface area contributed by atoms with Gasteiger partial charge in [-0.3, -0.25) is 23.4 Å². The molecular formula is C21H36BrFN3O8PSi. The molecule has 1 aromatic rings. The zero-order chi connectivity index (χ0) is 27.3. The summed E-state index contributed by atoms with van der Waals surface area (Å²) in [6.45, 7) is 10.4. The Bertz CT molecular complexity index is 1060. The third-order valence-electron chi connectivity index (χ3n) is 6.39. The molecule has 206 valence electrons. The van der Waals surface area contributed by atoms with Crippen LogP contribution in [0.5, 0.6) is 0 Å². The molecule has 1 aromatic heterocycles. The van der Waals surface area contributed by atoms with E-state index < -0.39 is 51.6 Å². The van der Waals surface area contributed by atoms with Gasteiger partial charge in [-0.05, 0) is 25.2 Å². The predicted molar refractivity (Wildman–Crippen MR) is 138 cm³/mol. The number of nitrogens with one attached hydrogen (secondary N) is 1. The number of rotatable bonds is 13. The van der Waals surface area contributed by atoms with Gasteiger partial charge in [0.25, 0.3) is 5.56 Å². The number of halogens is 2. The van der Waals surface area contributed by atoms with Crippen molar-refractivity contribution in [3.63, 3.8) is 0 Å². The van der Waals surface area contributed by atoms with Crippen molar-refractivity contribution in [2.24, 2.45) is 0 Å². The van der Waals surface area contributed by atoms with Gasteiger partial charge >= 0.3 is 13.4 Å². The van der Waals surface area contributed by atoms with Crippen molar-refractivity contribution in [2.45, 2.75) is 70.2 Å². The number of aromatic amines is 1. The van der Waals surface area contributed by atoms with Crippen LogP contribution in [0, 0.1) is 5.82 Å². The zero-order valence-electron chi connectivity index (χ0n) is 21.5. The van der Waals surface area contributed by atoms with Gasteiger partial charge in [0.15, 0.2) is 8.32 Å². The van der Waals surface area contributed by atoms with E-state index in [1.807, 2.05) is 4.98 Å². The van der Waals surface area contributed by atoms with E-state index in [0.29, 0.717) is 18.2 Å². The molecule has 0 bridgehead atoms. The monoisotopic (exact) mass is 615 g/mol. The number of ether oxygens (including phenoxy) is 1. The molecule has 0 spiro atoms. The van der Waals surface area contributed by atoms with Gasteiger partial charge in [0.05, 0.1) is 25.5 Å². The van der Waals surface area contributed by atoms with Gasteiger partial charge in [0, 0.05) is 24.7 Å². The lowest BCUT2D eigenvalue weighted by molar-refractivity contribution is -0.108. The quantitative estimate of drug-likeness (QED) is 0.117. The van der Waals surface area contributed by atoms with E-state index in [4.69, 9.17) is 18.2 Å². The molecule has 1 saturated heterocycles. The van der Waals surface area contributed by atoms with Crippen LogP contribution in [0.1, 0.15) is 39.8 Å². The lowest BCUT2D eigenvalue weighted by Crippen LogP contribution is -2.46. The second-order valence-corrected chi connectivity index (χ2v) is 17.7. The number of carbonyl (C=O) groups is 1. The van der Waals surface area contributed by atoms with Crippen LogP contribution in [0.25, 0.3) is 0 Å². The highest BCUT2D eigenvalue weighted by atomic mass is 79.9. The van der Waals surface area contributed by atoms with Crippen LogP contribution < -0.4 is 11.2 Å². The Labute approximate surface area is 219 Å². The second kappa shape index (κ2) is 12.7. The van der Waals surface area contributed by atoms with Gasteiger partial charge in [-0.15, -0.1) is 0 Å². The number of hydrogen-bond donors (Lipinski definition) is 1. The molecule has 0 aromatic carbocycles. The van der Waals surface area contributed by atoms with Gasteiger partial charge in [-0.2, -0.15) is 4.39 Å². The molecule has 1 aliphatic rings. The minimum atomic E-state index is -3.79. The highest BCUT2D eigenvalue weighted by Gasteiger charge is 2.46. The number of hydrogen-bond acceptors (Lipinski definition) is 8. The molecule has 0 radical (unpaired) electrons. The number of aldehydes is 1. The van der Waals surface area contributed by atoms with Crippen molar-refractivity contribution in [1.82, 2.24) is 14.2 Å². The Morgan fingerprint density at radius 2 is 2.03 bits per heavy atom. The van der Waals surface area contributed by atoms with Crippen molar-refractivity contribution in [1.29, 1.82) is 0 Å². The lowest BCUT2D eigenvalue weighted by atomic mass is 10.2. The molecule has 2 rings (SSSR count). The van der Waals surface area contributed by atoms with Crippen LogP contribution in [-0.4, -0.2) is 73.2 Å². The maximum Gasteiger partial charge on any atom is 0.408 e. The number of carbonyl (C=O) groups excluding carboxylic acids is 1. The van der Waals surface area contributed by atoms with Crippen molar-refractivity contribution >= 4 is 38.3 Å². The summed E-state index contributed by atoms with van der Waals surface area (Å²) in [4.78, 5) is 36.5. The summed E-state index contributed by atoms with van der Waals surface area (Å²) < 4.78 is 53.7. The SMILES string of the molecule is CN(CCBr)P(=O)(OCCC=O)OC[C@H]1O[C@@H](n2cc(F)c(=O)[nH]c2=O)C[C@@H]1O[Si](C)(C)C(C)(C)C. The smallest absolute Gasteiger partial charge is 0.408 e. The van der Waals surface area contributed by atoms with Gasteiger partial charge in [0.1, 0.15) is 18.6 Å². The number of nitrogens with zero attached hydrogens (tertiary/aromatic N) is 2. The van der Waals surface area contributed by atoms with Crippen molar-refractivity contribution < 1.29 is 32.0 Å². The van der Waals surface area contributed by atoms with E-state index in [2.05, 4.69) is 49.8 Å². The molecule has 0 aliphatic carbocycles. The van der Waals surface area contributed by atoms with Crippen LogP contribution in [0.2, 0.25) is 18.1 Å². The average Bonchev–Trinajstić information content (AvgIpc) is 3.16. The first-order valence-electron chi connectivity index (χ1n) is 11.6. The fourth-order valence-electron chi connectivity index (χ4n) is 3.24. The van der Waals surface area contributed by atoms with Crippen molar-refractivity contribution in [3.8, 4) is 0 Å². The summed E-state index contributed by atoms with van der Waals surface area (Å²) in [7, 11) is -4.54. The minimum Gasteiger partial charge on any atom is -0.411 e. The standard InChI is InChI=1S/C21H36BrFN3O8PSi/c1-21(2,3)36(5,6)34-16-12-18(26-13-15(23)19(28)24-20(26)29)33-17(16)14-32-35(30,25(4)9-8-22)31-11-7-10-27/h10,13,16-18H,7-9,11-12,14H2,1-6H3,(H,24,28,29)/t16-,17+,18+,35?/m0/s1. The largest absolute Gasteiger partial charge is 0.411 e. The number of aromatic nitrogens is 2. The lowest BCUT2D eigenvalue weighted by Gasteiger charge is -2.39.